The number of amides is 1. The summed E-state index contributed by atoms with van der Waals surface area (Å²) in [5.74, 6) is -0.654. The first-order valence-electron chi connectivity index (χ1n) is 11.4. The zero-order chi connectivity index (χ0) is 22.5. The summed E-state index contributed by atoms with van der Waals surface area (Å²) in [7, 11) is 0. The fraction of sp³-hybridized carbons (Fsp3) is 0.385. The molecule has 0 aliphatic carbocycles. The predicted octanol–water partition coefficient (Wildman–Crippen LogP) is 5.71. The van der Waals surface area contributed by atoms with Crippen LogP contribution in [0.4, 0.5) is 10.1 Å². The number of hydrogen-bond donors (Lipinski definition) is 1. The van der Waals surface area contributed by atoms with Gasteiger partial charge in [0.05, 0.1) is 17.7 Å². The van der Waals surface area contributed by atoms with Gasteiger partial charge in [-0.1, -0.05) is 19.4 Å². The second-order valence-corrected chi connectivity index (χ2v) is 8.43. The number of halogens is 1. The monoisotopic (exact) mass is 435 g/mol. The highest BCUT2D eigenvalue weighted by molar-refractivity contribution is 6.06. The van der Waals surface area contributed by atoms with Crippen LogP contribution in [0.25, 0.3) is 10.9 Å². The number of hydrogen-bond acceptors (Lipinski definition) is 4. The van der Waals surface area contributed by atoms with Crippen LogP contribution >= 0.6 is 0 Å². The van der Waals surface area contributed by atoms with Crippen molar-refractivity contribution < 1.29 is 13.9 Å². The molecule has 168 valence electrons. The third-order valence-electron chi connectivity index (χ3n) is 5.97. The van der Waals surface area contributed by atoms with Crippen LogP contribution in [0, 0.1) is 12.7 Å². The van der Waals surface area contributed by atoms with Crippen molar-refractivity contribution >= 4 is 22.5 Å². The van der Waals surface area contributed by atoms with Crippen LogP contribution in [-0.2, 0) is 6.54 Å². The number of rotatable bonds is 8. The second kappa shape index (κ2) is 10.1. The smallest absolute Gasteiger partial charge is 0.258 e. The maximum absolute atomic E-state index is 14.5. The van der Waals surface area contributed by atoms with Crippen molar-refractivity contribution in [3.8, 4) is 5.75 Å². The van der Waals surface area contributed by atoms with Crippen molar-refractivity contribution in [3.05, 3.63) is 65.1 Å². The number of fused-ring (bicyclic) bond motifs is 1. The summed E-state index contributed by atoms with van der Waals surface area (Å²) in [6, 6.07) is 10.3. The Balaban J connectivity index is 1.48. The van der Waals surface area contributed by atoms with Crippen molar-refractivity contribution in [3.63, 3.8) is 0 Å². The van der Waals surface area contributed by atoms with E-state index in [0.717, 1.165) is 48.9 Å². The molecule has 1 aromatic heterocycles. The molecule has 32 heavy (non-hydrogen) atoms. The van der Waals surface area contributed by atoms with Gasteiger partial charge in [0.1, 0.15) is 11.6 Å². The average Bonchev–Trinajstić information content (AvgIpc) is 3.29. The number of aromatic nitrogens is 1. The van der Waals surface area contributed by atoms with Gasteiger partial charge in [0, 0.05) is 29.9 Å². The fourth-order valence-corrected chi connectivity index (χ4v) is 4.11. The van der Waals surface area contributed by atoms with E-state index in [1.807, 2.05) is 25.3 Å². The van der Waals surface area contributed by atoms with Gasteiger partial charge in [-0.05, 0) is 74.7 Å². The maximum atomic E-state index is 14.5. The Morgan fingerprint density at radius 1 is 1.19 bits per heavy atom. The van der Waals surface area contributed by atoms with Gasteiger partial charge in [-0.15, -0.1) is 0 Å². The van der Waals surface area contributed by atoms with E-state index >= 15 is 0 Å². The van der Waals surface area contributed by atoms with Crippen LogP contribution in [-0.4, -0.2) is 35.5 Å². The SMILES string of the molecule is CCCCOc1ccc(C(=O)Nc2ccc3cc(CN4CCCC4)cnc3c2C)c(F)c1. The molecule has 3 aromatic rings. The summed E-state index contributed by atoms with van der Waals surface area (Å²) in [6.45, 7) is 7.72. The van der Waals surface area contributed by atoms with Crippen LogP contribution in [0.1, 0.15) is 54.1 Å². The first-order chi connectivity index (χ1) is 15.5. The lowest BCUT2D eigenvalue weighted by Crippen LogP contribution is -2.18. The van der Waals surface area contributed by atoms with Gasteiger partial charge in [0.25, 0.3) is 5.91 Å². The molecule has 5 nitrogen and oxygen atoms in total. The molecule has 0 spiro atoms. The lowest BCUT2D eigenvalue weighted by Gasteiger charge is -2.15. The van der Waals surface area contributed by atoms with E-state index in [1.54, 1.807) is 6.07 Å². The van der Waals surface area contributed by atoms with Gasteiger partial charge in [-0.2, -0.15) is 0 Å². The zero-order valence-corrected chi connectivity index (χ0v) is 18.8. The molecule has 1 N–H and O–H groups in total. The predicted molar refractivity (Wildman–Crippen MR) is 126 cm³/mol. The van der Waals surface area contributed by atoms with Crippen LogP contribution in [0.3, 0.4) is 0 Å². The molecule has 0 unspecified atom stereocenters. The Bertz CT molecular complexity index is 1110. The first-order valence-corrected chi connectivity index (χ1v) is 11.4. The Morgan fingerprint density at radius 3 is 2.75 bits per heavy atom. The summed E-state index contributed by atoms with van der Waals surface area (Å²) in [5, 5.41) is 3.88. The van der Waals surface area contributed by atoms with Gasteiger partial charge in [0.2, 0.25) is 0 Å². The molecule has 1 aliphatic rings. The number of pyridine rings is 1. The molecular formula is C26H30FN3O2. The van der Waals surface area contributed by atoms with Crippen LogP contribution in [0.5, 0.6) is 5.75 Å². The van der Waals surface area contributed by atoms with Crippen LogP contribution in [0.15, 0.2) is 42.6 Å². The van der Waals surface area contributed by atoms with Gasteiger partial charge < -0.3 is 10.1 Å². The number of carbonyl (C=O) groups excluding carboxylic acids is 1. The molecular weight excluding hydrogens is 405 g/mol. The molecule has 1 saturated heterocycles. The highest BCUT2D eigenvalue weighted by Gasteiger charge is 2.16. The summed E-state index contributed by atoms with van der Waals surface area (Å²) in [5.41, 5.74) is 3.52. The van der Waals surface area contributed by atoms with E-state index in [-0.39, 0.29) is 5.56 Å². The summed E-state index contributed by atoms with van der Waals surface area (Å²) < 4.78 is 20.0. The largest absolute Gasteiger partial charge is 0.493 e. The number of ether oxygens (including phenoxy) is 1. The normalized spacial score (nSPS) is 14.1. The molecule has 1 amide bonds. The van der Waals surface area contributed by atoms with Crippen molar-refractivity contribution in [2.75, 3.05) is 25.0 Å². The highest BCUT2D eigenvalue weighted by atomic mass is 19.1. The van der Waals surface area contributed by atoms with Gasteiger partial charge >= 0.3 is 0 Å². The second-order valence-electron chi connectivity index (χ2n) is 8.43. The minimum Gasteiger partial charge on any atom is -0.493 e. The van der Waals surface area contributed by atoms with Crippen molar-refractivity contribution in [1.82, 2.24) is 9.88 Å². The summed E-state index contributed by atoms with van der Waals surface area (Å²) in [6.07, 6.45) is 6.34. The van der Waals surface area contributed by atoms with Gasteiger partial charge in [-0.3, -0.25) is 14.7 Å². The Labute approximate surface area is 188 Å². The third kappa shape index (κ3) is 5.07. The average molecular weight is 436 g/mol. The fourth-order valence-electron chi connectivity index (χ4n) is 4.11. The van der Waals surface area contributed by atoms with E-state index in [0.29, 0.717) is 18.0 Å². The standard InChI is InChI=1S/C26H30FN3O2/c1-3-4-13-32-21-8-9-22(23(27)15-21)26(31)29-24-10-7-20-14-19(16-28-25(20)18(24)2)17-30-11-5-6-12-30/h7-10,14-16H,3-6,11-13,17H2,1-2H3,(H,29,31). The van der Waals surface area contributed by atoms with E-state index in [4.69, 9.17) is 4.74 Å². The molecule has 2 heterocycles. The lowest BCUT2D eigenvalue weighted by atomic mass is 10.1. The summed E-state index contributed by atoms with van der Waals surface area (Å²) in [4.78, 5) is 19.8. The van der Waals surface area contributed by atoms with E-state index in [9.17, 15) is 9.18 Å². The van der Waals surface area contributed by atoms with Crippen molar-refractivity contribution in [1.29, 1.82) is 0 Å². The number of benzene rings is 2. The molecule has 0 bridgehead atoms. The van der Waals surface area contributed by atoms with Crippen molar-refractivity contribution in [2.24, 2.45) is 0 Å². The van der Waals surface area contributed by atoms with Gasteiger partial charge in [0.15, 0.2) is 0 Å². The Hall–Kier alpha value is -2.99. The Kier molecular flexibility index (Phi) is 7.00. The number of nitrogens with one attached hydrogen (secondary N) is 1. The molecule has 0 saturated carbocycles. The number of aryl methyl sites for hydroxylation is 1. The molecule has 4 rings (SSSR count). The highest BCUT2D eigenvalue weighted by Crippen LogP contribution is 2.26. The van der Waals surface area contributed by atoms with Gasteiger partial charge in [-0.25, -0.2) is 4.39 Å². The number of carbonyl (C=O) groups is 1. The Morgan fingerprint density at radius 2 is 2.00 bits per heavy atom. The van der Waals surface area contributed by atoms with E-state index in [2.05, 4.69) is 28.2 Å². The molecule has 2 aromatic carbocycles. The lowest BCUT2D eigenvalue weighted by molar-refractivity contribution is 0.102. The number of nitrogens with zero attached hydrogens (tertiary/aromatic N) is 2. The van der Waals surface area contributed by atoms with Crippen LogP contribution in [0.2, 0.25) is 0 Å². The first kappa shape index (κ1) is 22.2. The topological polar surface area (TPSA) is 54.5 Å². The van der Waals surface area contributed by atoms with E-state index in [1.165, 1.54) is 30.5 Å². The number of likely N-dealkylation sites (tertiary alicyclic amines) is 1. The van der Waals surface area contributed by atoms with Crippen molar-refractivity contribution in [2.45, 2.75) is 46.1 Å². The molecule has 1 aliphatic heterocycles. The third-order valence-corrected chi connectivity index (χ3v) is 5.97. The molecule has 0 atom stereocenters. The molecule has 0 radical (unpaired) electrons. The summed E-state index contributed by atoms with van der Waals surface area (Å²) >= 11 is 0. The number of anilines is 1. The molecule has 1 fully saturated rings. The zero-order valence-electron chi connectivity index (χ0n) is 18.8. The minimum absolute atomic E-state index is 0.0127. The van der Waals surface area contributed by atoms with Crippen LogP contribution < -0.4 is 10.1 Å². The molecule has 6 heteroatoms. The quantitative estimate of drug-likeness (QED) is 0.461. The maximum Gasteiger partial charge on any atom is 0.258 e. The number of unbranched alkanes of at least 4 members (excludes halogenated alkanes) is 1. The minimum atomic E-state index is -0.598. The van der Waals surface area contributed by atoms with E-state index < -0.39 is 11.7 Å².